The van der Waals surface area contributed by atoms with Crippen molar-refractivity contribution >= 4 is 46.9 Å². The Morgan fingerprint density at radius 1 is 0.850 bits per heavy atom. The number of imide groups is 1. The van der Waals surface area contributed by atoms with Gasteiger partial charge in [-0.3, -0.25) is 34.9 Å². The highest BCUT2D eigenvalue weighted by molar-refractivity contribution is 6.33. The minimum absolute atomic E-state index is 0.0723. The van der Waals surface area contributed by atoms with E-state index in [4.69, 9.17) is 16.3 Å². The minimum Gasteiger partial charge on any atom is -0.452 e. The molecule has 2 fully saturated rings. The fourth-order valence-corrected chi connectivity index (χ4v) is 5.54. The summed E-state index contributed by atoms with van der Waals surface area (Å²) in [5.74, 6) is -3.34. The van der Waals surface area contributed by atoms with Crippen LogP contribution in [0, 0.1) is 11.8 Å². The fraction of sp³-hybridized carbons (Fsp3) is 0.233. The van der Waals surface area contributed by atoms with Gasteiger partial charge in [-0.1, -0.05) is 60.1 Å². The van der Waals surface area contributed by atoms with E-state index in [0.717, 1.165) is 16.9 Å². The van der Waals surface area contributed by atoms with Crippen LogP contribution in [0.4, 0.5) is 5.69 Å². The maximum atomic E-state index is 13.4. The third kappa shape index (κ3) is 5.60. The van der Waals surface area contributed by atoms with Gasteiger partial charge in [0.1, 0.15) is 0 Å². The van der Waals surface area contributed by atoms with E-state index in [-0.39, 0.29) is 45.5 Å². The third-order valence-corrected chi connectivity index (χ3v) is 7.63. The summed E-state index contributed by atoms with van der Waals surface area (Å²) in [5, 5.41) is 0.214. The Hall–Kier alpha value is -4.50. The molecule has 1 aliphatic carbocycles. The van der Waals surface area contributed by atoms with E-state index in [1.807, 2.05) is 30.3 Å². The number of hydrogen-bond donors (Lipinski definition) is 2. The number of nitrogens with one attached hydrogen (secondary N) is 2. The first-order valence-corrected chi connectivity index (χ1v) is 13.2. The number of carbonyl (C=O) groups is 5. The number of carbonyl (C=O) groups excluding carboxylic acids is 5. The van der Waals surface area contributed by atoms with Gasteiger partial charge in [0.2, 0.25) is 11.8 Å². The average Bonchev–Trinajstić information content (AvgIpc) is 3.24. The summed E-state index contributed by atoms with van der Waals surface area (Å²) >= 11 is 5.96. The van der Waals surface area contributed by atoms with Crippen molar-refractivity contribution in [2.75, 3.05) is 11.5 Å². The van der Waals surface area contributed by atoms with E-state index in [1.165, 1.54) is 24.3 Å². The minimum atomic E-state index is -0.824. The van der Waals surface area contributed by atoms with Crippen molar-refractivity contribution < 1.29 is 28.7 Å². The molecule has 1 saturated heterocycles. The van der Waals surface area contributed by atoms with Crippen molar-refractivity contribution in [2.45, 2.75) is 25.2 Å². The normalized spacial score (nSPS) is 20.0. The summed E-state index contributed by atoms with van der Waals surface area (Å²) in [4.78, 5) is 64.7. The highest BCUT2D eigenvalue weighted by Crippen LogP contribution is 2.45. The average molecular weight is 560 g/mol. The number of rotatable bonds is 6. The van der Waals surface area contributed by atoms with Gasteiger partial charge < -0.3 is 4.74 Å². The molecule has 0 bridgehead atoms. The molecule has 2 aliphatic rings. The van der Waals surface area contributed by atoms with Crippen LogP contribution in [0.25, 0.3) is 0 Å². The number of nitrogens with zero attached hydrogens (tertiary/aromatic N) is 1. The lowest BCUT2D eigenvalue weighted by atomic mass is 9.73. The predicted octanol–water partition coefficient (Wildman–Crippen LogP) is 4.03. The number of fused-ring (bicyclic) bond motifs is 1. The van der Waals surface area contributed by atoms with Crippen molar-refractivity contribution in [1.82, 2.24) is 10.9 Å². The lowest BCUT2D eigenvalue weighted by molar-refractivity contribution is -0.125. The largest absolute Gasteiger partial charge is 0.452 e. The van der Waals surface area contributed by atoms with Crippen LogP contribution < -0.4 is 15.8 Å². The van der Waals surface area contributed by atoms with E-state index in [1.54, 1.807) is 24.3 Å². The molecule has 1 saturated carbocycles. The number of hydrazine groups is 1. The molecule has 10 heteroatoms. The first kappa shape index (κ1) is 27.1. The van der Waals surface area contributed by atoms with E-state index in [0.29, 0.717) is 12.8 Å². The summed E-state index contributed by atoms with van der Waals surface area (Å²) in [6.07, 6.45) is 2.04. The van der Waals surface area contributed by atoms with Gasteiger partial charge in [-0.25, -0.2) is 4.79 Å². The molecule has 4 amide bonds. The molecule has 3 aromatic rings. The number of benzene rings is 3. The zero-order chi connectivity index (χ0) is 28.2. The molecular formula is C30H26ClN3O6. The Morgan fingerprint density at radius 3 is 2.35 bits per heavy atom. The number of esters is 1. The molecule has 0 aromatic heterocycles. The maximum absolute atomic E-state index is 13.4. The van der Waals surface area contributed by atoms with Crippen molar-refractivity contribution in [3.8, 4) is 0 Å². The van der Waals surface area contributed by atoms with E-state index >= 15 is 0 Å². The van der Waals surface area contributed by atoms with Gasteiger partial charge in [0, 0.05) is 0 Å². The third-order valence-electron chi connectivity index (χ3n) is 7.30. The van der Waals surface area contributed by atoms with Crippen LogP contribution in [-0.2, 0) is 19.1 Å². The van der Waals surface area contributed by atoms with Gasteiger partial charge in [-0.2, -0.15) is 0 Å². The van der Waals surface area contributed by atoms with Gasteiger partial charge in [-0.05, 0) is 61.1 Å². The number of ether oxygens (including phenoxy) is 1. The van der Waals surface area contributed by atoms with Crippen LogP contribution in [0.2, 0.25) is 5.02 Å². The Bertz CT molecular complexity index is 1480. The highest BCUT2D eigenvalue weighted by atomic mass is 35.5. The van der Waals surface area contributed by atoms with Crippen molar-refractivity contribution in [3.63, 3.8) is 0 Å². The van der Waals surface area contributed by atoms with E-state index in [9.17, 15) is 24.0 Å². The second kappa shape index (κ2) is 11.7. The smallest absolute Gasteiger partial charge is 0.338 e. The quantitative estimate of drug-likeness (QED) is 0.267. The van der Waals surface area contributed by atoms with Crippen molar-refractivity contribution in [2.24, 2.45) is 11.8 Å². The molecule has 40 heavy (non-hydrogen) atoms. The van der Waals surface area contributed by atoms with Gasteiger partial charge in [0.15, 0.2) is 6.61 Å². The summed E-state index contributed by atoms with van der Waals surface area (Å²) in [7, 11) is 0. The summed E-state index contributed by atoms with van der Waals surface area (Å²) in [6, 6.07) is 22.3. The molecule has 0 unspecified atom stereocenters. The molecule has 2 N–H and O–H groups in total. The second-order valence-electron chi connectivity index (χ2n) is 9.75. The van der Waals surface area contributed by atoms with Crippen molar-refractivity contribution in [3.05, 3.63) is 101 Å². The van der Waals surface area contributed by atoms with E-state index in [2.05, 4.69) is 10.9 Å². The lowest BCUT2D eigenvalue weighted by Crippen LogP contribution is -2.43. The van der Waals surface area contributed by atoms with Crippen LogP contribution in [-0.4, -0.2) is 36.2 Å². The van der Waals surface area contributed by atoms with E-state index < -0.39 is 30.3 Å². The van der Waals surface area contributed by atoms with Gasteiger partial charge in [0.05, 0.1) is 33.7 Å². The highest BCUT2D eigenvalue weighted by Gasteiger charge is 2.50. The number of amides is 4. The topological polar surface area (TPSA) is 122 Å². The predicted molar refractivity (Wildman–Crippen MR) is 146 cm³/mol. The fourth-order valence-electron chi connectivity index (χ4n) is 5.32. The molecule has 1 heterocycles. The lowest BCUT2D eigenvalue weighted by Gasteiger charge is -2.28. The molecule has 9 nitrogen and oxygen atoms in total. The number of hydrogen-bond acceptors (Lipinski definition) is 6. The molecular weight excluding hydrogens is 534 g/mol. The summed E-state index contributed by atoms with van der Waals surface area (Å²) < 4.78 is 5.06. The molecule has 0 radical (unpaired) electrons. The molecule has 3 atom stereocenters. The summed E-state index contributed by atoms with van der Waals surface area (Å²) in [5.41, 5.74) is 6.04. The first-order chi connectivity index (χ1) is 19.3. The standard InChI is InChI=1S/C30H26ClN3O6/c31-25-12-5-4-11-23(25)27(36)33-32-26(35)17-40-30(39)20-9-6-10-21(15-20)34-28(37)22-14-13-19(16-24(22)29(34)38)18-7-2-1-3-8-18/h1-12,15,19,22,24H,13-14,16-17H2,(H,32,35)(H,33,36)/t19-,22-,24+/m1/s1. The SMILES string of the molecule is O=C(COC(=O)c1cccc(N2C(=O)[C@H]3C[C@H](c4ccccc4)CC[C@H]3C2=O)c1)NNC(=O)c1ccccc1Cl. The summed E-state index contributed by atoms with van der Waals surface area (Å²) in [6.45, 7) is -0.668. The van der Waals surface area contributed by atoms with Crippen LogP contribution in [0.1, 0.15) is 51.5 Å². The van der Waals surface area contributed by atoms with Gasteiger partial charge in [0.25, 0.3) is 11.8 Å². The first-order valence-electron chi connectivity index (χ1n) is 12.9. The number of anilines is 1. The Labute approximate surface area is 235 Å². The van der Waals surface area contributed by atoms with Gasteiger partial charge >= 0.3 is 5.97 Å². The van der Waals surface area contributed by atoms with Crippen LogP contribution >= 0.6 is 11.6 Å². The Morgan fingerprint density at radius 2 is 1.57 bits per heavy atom. The maximum Gasteiger partial charge on any atom is 0.338 e. The van der Waals surface area contributed by atoms with Gasteiger partial charge in [-0.15, -0.1) is 0 Å². The number of halogens is 1. The zero-order valence-electron chi connectivity index (χ0n) is 21.3. The Kier molecular flexibility index (Phi) is 7.93. The van der Waals surface area contributed by atoms with Crippen molar-refractivity contribution in [1.29, 1.82) is 0 Å². The molecule has 5 rings (SSSR count). The molecule has 0 spiro atoms. The monoisotopic (exact) mass is 559 g/mol. The van der Waals surface area contributed by atoms with Crippen LogP contribution in [0.15, 0.2) is 78.9 Å². The molecule has 204 valence electrons. The second-order valence-corrected chi connectivity index (χ2v) is 10.2. The zero-order valence-corrected chi connectivity index (χ0v) is 22.1. The molecule has 3 aromatic carbocycles. The van der Waals surface area contributed by atoms with Crippen LogP contribution in [0.5, 0.6) is 0 Å². The Balaban J connectivity index is 1.19. The molecule has 1 aliphatic heterocycles. The van der Waals surface area contributed by atoms with Crippen LogP contribution in [0.3, 0.4) is 0 Å².